The number of amides is 1. The number of unbranched alkanes of at least 4 members (excludes halogenated alkanes) is 20. The summed E-state index contributed by atoms with van der Waals surface area (Å²) in [7, 11) is 0. The van der Waals surface area contributed by atoms with E-state index in [2.05, 4.69) is 79.9 Å². The molecule has 12 atom stereocenters. The van der Waals surface area contributed by atoms with E-state index in [9.17, 15) is 45.6 Å². The molecule has 0 aliphatic carbocycles. The van der Waals surface area contributed by atoms with Crippen LogP contribution in [-0.2, 0) is 23.7 Å². The third-order valence-corrected chi connectivity index (χ3v) is 13.3. The molecule has 9 N–H and O–H groups in total. The Balaban J connectivity index is 1.77. The van der Waals surface area contributed by atoms with Crippen LogP contribution in [0.1, 0.15) is 194 Å². The number of allylic oxidation sites excluding steroid dienone is 11. The Morgan fingerprint density at radius 3 is 1.49 bits per heavy atom. The number of hydrogen-bond acceptors (Lipinski definition) is 13. The predicted molar refractivity (Wildman–Crippen MR) is 286 cm³/mol. The Bertz CT molecular complexity index is 1480. The summed E-state index contributed by atoms with van der Waals surface area (Å²) < 4.78 is 22.7. The smallest absolute Gasteiger partial charge is 0.220 e. The van der Waals surface area contributed by atoms with Gasteiger partial charge in [-0.05, 0) is 83.5 Å². The molecule has 416 valence electrons. The Kier molecular flexibility index (Phi) is 39.7. The monoisotopic (exact) mass is 1020 g/mol. The van der Waals surface area contributed by atoms with Crippen molar-refractivity contribution >= 4 is 5.91 Å². The molecule has 0 aromatic rings. The average Bonchev–Trinajstić information content (AvgIpc) is 3.38. The molecule has 14 heteroatoms. The highest BCUT2D eigenvalue weighted by atomic mass is 16.7. The van der Waals surface area contributed by atoms with Gasteiger partial charge in [0.25, 0.3) is 0 Å². The van der Waals surface area contributed by atoms with Crippen LogP contribution in [0.5, 0.6) is 0 Å². The van der Waals surface area contributed by atoms with Gasteiger partial charge in [0.1, 0.15) is 48.8 Å². The predicted octanol–water partition coefficient (Wildman–Crippen LogP) is 8.77. The third kappa shape index (κ3) is 29.5. The quantitative estimate of drug-likeness (QED) is 0.0206. The first-order chi connectivity index (χ1) is 35.1. The van der Waals surface area contributed by atoms with Crippen LogP contribution in [-0.4, -0.2) is 140 Å². The van der Waals surface area contributed by atoms with Crippen LogP contribution in [0.2, 0.25) is 0 Å². The largest absolute Gasteiger partial charge is 0.394 e. The summed E-state index contributed by atoms with van der Waals surface area (Å²) in [5, 5.41) is 86.8. The maximum absolute atomic E-state index is 13.2. The van der Waals surface area contributed by atoms with Crippen molar-refractivity contribution < 1.29 is 64.6 Å². The normalized spacial score (nSPS) is 26.1. The minimum Gasteiger partial charge on any atom is -0.394 e. The fourth-order valence-corrected chi connectivity index (χ4v) is 8.74. The van der Waals surface area contributed by atoms with Gasteiger partial charge in [0.05, 0.1) is 32.0 Å². The molecule has 0 radical (unpaired) electrons. The van der Waals surface area contributed by atoms with Crippen LogP contribution >= 0.6 is 0 Å². The van der Waals surface area contributed by atoms with E-state index < -0.39 is 86.8 Å². The van der Waals surface area contributed by atoms with Crippen molar-refractivity contribution in [2.24, 2.45) is 0 Å². The van der Waals surface area contributed by atoms with Crippen molar-refractivity contribution in [3.8, 4) is 0 Å². The van der Waals surface area contributed by atoms with Crippen molar-refractivity contribution in [2.45, 2.75) is 267 Å². The van der Waals surface area contributed by atoms with Crippen molar-refractivity contribution in [2.75, 3.05) is 19.8 Å². The van der Waals surface area contributed by atoms with E-state index in [0.29, 0.717) is 12.8 Å². The highest BCUT2D eigenvalue weighted by Gasteiger charge is 2.51. The number of aliphatic hydroxyl groups is 8. The van der Waals surface area contributed by atoms with E-state index in [1.807, 2.05) is 6.08 Å². The molecule has 72 heavy (non-hydrogen) atoms. The molecule has 0 bridgehead atoms. The average molecular weight is 1020 g/mol. The van der Waals surface area contributed by atoms with E-state index in [-0.39, 0.29) is 18.9 Å². The van der Waals surface area contributed by atoms with Gasteiger partial charge in [-0.25, -0.2) is 0 Å². The van der Waals surface area contributed by atoms with E-state index in [0.717, 1.165) is 64.2 Å². The lowest BCUT2D eigenvalue weighted by atomic mass is 9.97. The van der Waals surface area contributed by atoms with Gasteiger partial charge in [-0.1, -0.05) is 177 Å². The minimum atomic E-state index is -1.79. The van der Waals surface area contributed by atoms with Crippen molar-refractivity contribution in [1.82, 2.24) is 5.32 Å². The number of ether oxygens (including phenoxy) is 4. The summed E-state index contributed by atoms with van der Waals surface area (Å²) >= 11 is 0. The molecule has 2 saturated heterocycles. The van der Waals surface area contributed by atoms with Crippen LogP contribution in [0, 0.1) is 0 Å². The van der Waals surface area contributed by atoms with E-state index in [1.54, 1.807) is 6.08 Å². The van der Waals surface area contributed by atoms with Gasteiger partial charge >= 0.3 is 0 Å². The van der Waals surface area contributed by atoms with Gasteiger partial charge in [0.15, 0.2) is 12.6 Å². The van der Waals surface area contributed by atoms with Crippen LogP contribution in [0.3, 0.4) is 0 Å². The Hall–Kier alpha value is -2.57. The number of hydrogen-bond donors (Lipinski definition) is 9. The Morgan fingerprint density at radius 2 is 0.931 bits per heavy atom. The molecule has 2 aliphatic heterocycles. The third-order valence-electron chi connectivity index (χ3n) is 13.3. The van der Waals surface area contributed by atoms with Crippen LogP contribution in [0.25, 0.3) is 0 Å². The number of aliphatic hydroxyl groups excluding tert-OH is 8. The number of carbonyl (C=O) groups excluding carboxylic acids is 1. The fourth-order valence-electron chi connectivity index (χ4n) is 8.74. The second kappa shape index (κ2) is 43.6. The van der Waals surface area contributed by atoms with Crippen LogP contribution in [0.4, 0.5) is 0 Å². The lowest BCUT2D eigenvalue weighted by Gasteiger charge is -2.46. The van der Waals surface area contributed by atoms with Crippen molar-refractivity contribution in [3.05, 3.63) is 72.9 Å². The fraction of sp³-hybridized carbons (Fsp3) is 0.776. The summed E-state index contributed by atoms with van der Waals surface area (Å²) in [6.07, 6.45) is 39.4. The summed E-state index contributed by atoms with van der Waals surface area (Å²) in [6, 6.07) is -0.942. The molecule has 12 unspecified atom stereocenters. The number of carbonyl (C=O) groups is 1. The SMILES string of the molecule is CCCCC/C=C/CC/C=C/CC/C=C/C(O)C(COC1OC(CO)C(OC2OC(CO)C(O)C(O)C2O)C(O)C1O)NC(=O)CCCCCCCCCCCC/C=C\C/C=C\C/C=C\CCCCCCC. The Morgan fingerprint density at radius 1 is 0.500 bits per heavy atom. The summed E-state index contributed by atoms with van der Waals surface area (Å²) in [5.74, 6) is -0.261. The molecule has 0 aromatic heterocycles. The first-order valence-electron chi connectivity index (χ1n) is 28.2. The van der Waals surface area contributed by atoms with E-state index in [1.165, 1.54) is 96.3 Å². The zero-order valence-corrected chi connectivity index (χ0v) is 44.4. The second-order valence-electron chi connectivity index (χ2n) is 19.7. The van der Waals surface area contributed by atoms with Gasteiger partial charge in [-0.3, -0.25) is 4.79 Å². The topological polar surface area (TPSA) is 228 Å². The first kappa shape index (κ1) is 65.5. The van der Waals surface area contributed by atoms with E-state index in [4.69, 9.17) is 18.9 Å². The highest BCUT2D eigenvalue weighted by molar-refractivity contribution is 5.76. The molecule has 2 fully saturated rings. The molecule has 14 nitrogen and oxygen atoms in total. The van der Waals surface area contributed by atoms with Gasteiger partial charge in [0.2, 0.25) is 5.91 Å². The molecule has 0 saturated carbocycles. The maximum atomic E-state index is 13.2. The second-order valence-corrected chi connectivity index (χ2v) is 19.7. The summed E-state index contributed by atoms with van der Waals surface area (Å²) in [5.41, 5.74) is 0. The highest BCUT2D eigenvalue weighted by Crippen LogP contribution is 2.30. The van der Waals surface area contributed by atoms with Crippen LogP contribution in [0.15, 0.2) is 72.9 Å². The molecule has 2 aliphatic rings. The van der Waals surface area contributed by atoms with E-state index >= 15 is 0 Å². The summed E-state index contributed by atoms with van der Waals surface area (Å²) in [6.45, 7) is 2.70. The summed E-state index contributed by atoms with van der Waals surface area (Å²) in [4.78, 5) is 13.2. The molecular weight excluding hydrogens is 919 g/mol. The molecule has 1 amide bonds. The van der Waals surface area contributed by atoms with Gasteiger partial charge in [-0.2, -0.15) is 0 Å². The first-order valence-corrected chi connectivity index (χ1v) is 28.2. The molecule has 0 aromatic carbocycles. The van der Waals surface area contributed by atoms with Gasteiger partial charge < -0.3 is 65.1 Å². The lowest BCUT2D eigenvalue weighted by molar-refractivity contribution is -0.359. The lowest BCUT2D eigenvalue weighted by Crippen LogP contribution is -2.65. The van der Waals surface area contributed by atoms with Crippen molar-refractivity contribution in [3.63, 3.8) is 0 Å². The molecular formula is C58H101NO13. The Labute approximate surface area is 434 Å². The van der Waals surface area contributed by atoms with Crippen LogP contribution < -0.4 is 5.32 Å². The zero-order chi connectivity index (χ0) is 52.4. The molecule has 2 heterocycles. The molecule has 2 rings (SSSR count). The number of rotatable bonds is 43. The van der Waals surface area contributed by atoms with Gasteiger partial charge in [0, 0.05) is 6.42 Å². The maximum Gasteiger partial charge on any atom is 0.220 e. The molecule has 0 spiro atoms. The van der Waals surface area contributed by atoms with Crippen molar-refractivity contribution in [1.29, 1.82) is 0 Å². The standard InChI is InChI=1S/C58H101NO13/c1-3-5-7-9-11-13-15-17-18-19-20-21-22-23-24-25-26-27-28-30-32-34-36-38-40-42-50(63)59-46(47(62)41-39-37-35-33-31-29-16-14-12-10-8-6-4-2)45-69-57-55(68)53(66)56(49(44-61)71-57)72-58-54(67)52(65)51(64)48(43-60)70-58/h12,14-15,17,19-20,22-23,31,33,39,41,46-49,51-58,60-62,64-68H,3-11,13,16,18,21,24-30,32,34-38,40,42-45H2,1-2H3,(H,59,63)/b14-12+,17-15-,20-19-,23-22-,33-31+,41-39+. The van der Waals surface area contributed by atoms with Gasteiger partial charge in [-0.15, -0.1) is 0 Å². The zero-order valence-electron chi connectivity index (χ0n) is 44.4. The minimum absolute atomic E-state index is 0.261. The number of nitrogens with one attached hydrogen (secondary N) is 1.